The van der Waals surface area contributed by atoms with Gasteiger partial charge in [-0.15, -0.1) is 0 Å². The quantitative estimate of drug-likeness (QED) is 0.268. The van der Waals surface area contributed by atoms with Gasteiger partial charge in [-0.1, -0.05) is 57.0 Å². The molecule has 0 fully saturated rings. The van der Waals surface area contributed by atoms with Gasteiger partial charge in [0.05, 0.1) is 22.1 Å². The van der Waals surface area contributed by atoms with Crippen LogP contribution in [0.2, 0.25) is 0 Å². The second-order valence-corrected chi connectivity index (χ2v) is 8.27. The summed E-state index contributed by atoms with van der Waals surface area (Å²) in [6.07, 6.45) is 4.50. The van der Waals surface area contributed by atoms with E-state index in [1.54, 1.807) is 0 Å². The molecule has 0 saturated heterocycles. The van der Waals surface area contributed by atoms with Gasteiger partial charge in [-0.05, 0) is 49.2 Å². The minimum atomic E-state index is 0. The van der Waals surface area contributed by atoms with E-state index in [-0.39, 0.29) is 41.9 Å². The summed E-state index contributed by atoms with van der Waals surface area (Å²) in [5.74, 6) is 1.86. The van der Waals surface area contributed by atoms with E-state index < -0.39 is 0 Å². The molecule has 2 aromatic carbocycles. The first-order chi connectivity index (χ1) is 15.8. The zero-order valence-corrected chi connectivity index (χ0v) is 22.6. The van der Waals surface area contributed by atoms with E-state index in [1.807, 2.05) is 12.1 Å². The Kier molecular flexibility index (Phi) is 10.8. The van der Waals surface area contributed by atoms with Gasteiger partial charge in [0.15, 0.2) is 11.6 Å². The van der Waals surface area contributed by atoms with E-state index in [2.05, 4.69) is 77.6 Å². The first-order valence-corrected chi connectivity index (χ1v) is 11.7. The molecule has 0 spiro atoms. The summed E-state index contributed by atoms with van der Waals surface area (Å²) in [6.45, 7) is 6.32. The van der Waals surface area contributed by atoms with Crippen molar-refractivity contribution in [1.29, 1.82) is 0 Å². The molecule has 0 aliphatic rings. The van der Waals surface area contributed by atoms with Crippen LogP contribution in [0, 0.1) is 0 Å². The van der Waals surface area contributed by atoms with Gasteiger partial charge in [0, 0.05) is 13.1 Å². The van der Waals surface area contributed by atoms with Gasteiger partial charge in [-0.2, -0.15) is 0 Å². The van der Waals surface area contributed by atoms with Crippen molar-refractivity contribution < 1.29 is 41.9 Å². The van der Waals surface area contributed by atoms with Crippen LogP contribution in [-0.2, 0) is 30.2 Å². The summed E-state index contributed by atoms with van der Waals surface area (Å²) < 4.78 is 4.62. The largest absolute Gasteiger partial charge is 2.00 e. The van der Waals surface area contributed by atoms with Crippen LogP contribution in [0.4, 0.5) is 0 Å². The molecule has 0 bridgehead atoms. The van der Waals surface area contributed by atoms with Gasteiger partial charge in [0.1, 0.15) is 11.4 Å². The minimum absolute atomic E-state index is 0. The number of para-hydroxylation sites is 4. The van der Waals surface area contributed by atoms with Crippen molar-refractivity contribution in [1.82, 2.24) is 24.1 Å². The predicted octanol–water partition coefficient (Wildman–Crippen LogP) is 0.721. The molecule has 184 valence electrons. The summed E-state index contributed by atoms with van der Waals surface area (Å²) in [5.41, 5.74) is 6.14. The van der Waals surface area contributed by atoms with Crippen molar-refractivity contribution in [3.63, 3.8) is 0 Å². The Bertz CT molecular complexity index is 1280. The zero-order valence-electron chi connectivity index (χ0n) is 19.9. The number of imidazole rings is 2. The molecule has 0 N–H and O–H groups in total. The van der Waals surface area contributed by atoms with E-state index in [0.717, 1.165) is 72.8 Å². The van der Waals surface area contributed by atoms with Gasteiger partial charge in [0.2, 0.25) is 0 Å². The SMILES string of the molecule is CCCCn1c(-c2cccc(-c3nc4ccccc4n3CCCC)n2)nc2ccccc21.[Cl-].[Cl-].[Fe+2]. The number of aryl methyl sites for hydroxylation is 2. The van der Waals surface area contributed by atoms with Crippen molar-refractivity contribution in [3.05, 3.63) is 66.7 Å². The predicted molar refractivity (Wildman–Crippen MR) is 132 cm³/mol. The average molecular weight is 550 g/mol. The van der Waals surface area contributed by atoms with Gasteiger partial charge < -0.3 is 33.9 Å². The first kappa shape index (κ1) is 28.9. The fourth-order valence-corrected chi connectivity index (χ4v) is 4.31. The number of pyridine rings is 1. The molecular formula is C27H29Cl2FeN5. The summed E-state index contributed by atoms with van der Waals surface area (Å²) in [4.78, 5) is 15.0. The van der Waals surface area contributed by atoms with Crippen molar-refractivity contribution in [2.75, 3.05) is 0 Å². The van der Waals surface area contributed by atoms with Crippen LogP contribution in [0.1, 0.15) is 39.5 Å². The Labute approximate surface area is 229 Å². The molecule has 0 amide bonds. The standard InChI is InChI=1S/C27H29N5.2ClH.Fe/c1-3-5-18-31-24-16-9-7-12-20(24)29-26(31)22-14-11-15-23(28-22)27-30-21-13-8-10-17-25(21)32(27)19-6-4-2;;;/h7-17H,3-6,18-19H2,1-2H3;2*1H;/q;;;+2/p-2. The summed E-state index contributed by atoms with van der Waals surface area (Å²) in [6, 6.07) is 22.9. The number of benzene rings is 2. The molecule has 5 aromatic rings. The summed E-state index contributed by atoms with van der Waals surface area (Å²) in [5, 5.41) is 0. The fourth-order valence-electron chi connectivity index (χ4n) is 4.31. The molecule has 0 atom stereocenters. The third-order valence-electron chi connectivity index (χ3n) is 5.99. The summed E-state index contributed by atoms with van der Waals surface area (Å²) >= 11 is 0. The minimum Gasteiger partial charge on any atom is -1.00 e. The monoisotopic (exact) mass is 549 g/mol. The second kappa shape index (κ2) is 13.1. The molecule has 35 heavy (non-hydrogen) atoms. The van der Waals surface area contributed by atoms with E-state index >= 15 is 0 Å². The van der Waals surface area contributed by atoms with Crippen LogP contribution in [-0.4, -0.2) is 24.1 Å². The number of aromatic nitrogens is 5. The van der Waals surface area contributed by atoms with Crippen molar-refractivity contribution in [3.8, 4) is 23.0 Å². The van der Waals surface area contributed by atoms with Gasteiger partial charge >= 0.3 is 17.1 Å². The molecule has 0 unspecified atom stereocenters. The third kappa shape index (κ3) is 5.73. The van der Waals surface area contributed by atoms with Crippen molar-refractivity contribution in [2.24, 2.45) is 0 Å². The van der Waals surface area contributed by atoms with Gasteiger partial charge in [-0.25, -0.2) is 15.0 Å². The molecular weight excluding hydrogens is 521 g/mol. The van der Waals surface area contributed by atoms with Crippen LogP contribution in [0.3, 0.4) is 0 Å². The first-order valence-electron chi connectivity index (χ1n) is 11.7. The van der Waals surface area contributed by atoms with Crippen LogP contribution in [0.25, 0.3) is 45.1 Å². The maximum atomic E-state index is 5.07. The third-order valence-corrected chi connectivity index (χ3v) is 5.99. The maximum absolute atomic E-state index is 5.07. The van der Waals surface area contributed by atoms with Crippen LogP contribution in [0.5, 0.6) is 0 Å². The molecule has 8 heteroatoms. The second-order valence-electron chi connectivity index (χ2n) is 8.27. The van der Waals surface area contributed by atoms with E-state index in [9.17, 15) is 0 Å². The fraction of sp³-hybridized carbons (Fsp3) is 0.296. The number of nitrogens with zero attached hydrogens (tertiary/aromatic N) is 5. The number of hydrogen-bond acceptors (Lipinski definition) is 3. The molecule has 3 aromatic heterocycles. The molecule has 0 aliphatic carbocycles. The average Bonchev–Trinajstić information content (AvgIpc) is 3.40. The number of hydrogen-bond donors (Lipinski definition) is 0. The number of unbranched alkanes of at least 4 members (excludes halogenated alkanes) is 2. The normalized spacial score (nSPS) is 10.6. The summed E-state index contributed by atoms with van der Waals surface area (Å²) in [7, 11) is 0. The molecule has 5 nitrogen and oxygen atoms in total. The Morgan fingerprint density at radius 2 is 1.00 bits per heavy atom. The van der Waals surface area contributed by atoms with E-state index in [0.29, 0.717) is 0 Å². The van der Waals surface area contributed by atoms with Crippen molar-refractivity contribution >= 4 is 22.1 Å². The van der Waals surface area contributed by atoms with Gasteiger partial charge in [0.25, 0.3) is 0 Å². The topological polar surface area (TPSA) is 48.5 Å². The van der Waals surface area contributed by atoms with E-state index in [1.165, 1.54) is 11.0 Å². The van der Waals surface area contributed by atoms with Crippen LogP contribution < -0.4 is 24.8 Å². The smallest absolute Gasteiger partial charge is 1.00 e. The molecule has 5 rings (SSSR count). The van der Waals surface area contributed by atoms with Crippen LogP contribution in [0.15, 0.2) is 66.7 Å². The molecule has 3 heterocycles. The molecule has 0 saturated carbocycles. The molecule has 0 radical (unpaired) electrons. The Balaban J connectivity index is 0.00000144. The van der Waals surface area contributed by atoms with Crippen LogP contribution >= 0.6 is 0 Å². The maximum Gasteiger partial charge on any atom is 2.00 e. The Hall–Kier alpha value is -2.37. The Morgan fingerprint density at radius 1 is 0.571 bits per heavy atom. The Morgan fingerprint density at radius 3 is 1.43 bits per heavy atom. The number of rotatable bonds is 8. The van der Waals surface area contributed by atoms with Gasteiger partial charge in [-0.3, -0.25) is 0 Å². The number of fused-ring (bicyclic) bond motifs is 2. The number of halogens is 2. The van der Waals surface area contributed by atoms with E-state index in [4.69, 9.17) is 15.0 Å². The zero-order chi connectivity index (χ0) is 21.9. The van der Waals surface area contributed by atoms with Crippen molar-refractivity contribution in [2.45, 2.75) is 52.6 Å². The molecule has 0 aliphatic heterocycles.